The van der Waals surface area contributed by atoms with E-state index in [1.165, 1.54) is 0 Å². The Morgan fingerprint density at radius 3 is 2.71 bits per heavy atom. The number of carbonyl (C=O) groups excluding carboxylic acids is 1. The molecule has 8 nitrogen and oxygen atoms in total. The fraction of sp³-hybridized carbons (Fsp3) is 0.350. The molecule has 0 fully saturated rings. The summed E-state index contributed by atoms with van der Waals surface area (Å²) in [6.07, 6.45) is 0.799. The lowest BCUT2D eigenvalue weighted by atomic mass is 10.1. The zero-order valence-electron chi connectivity index (χ0n) is 16.4. The summed E-state index contributed by atoms with van der Waals surface area (Å²) < 4.78 is 5.29. The van der Waals surface area contributed by atoms with Crippen molar-refractivity contribution in [2.75, 3.05) is 7.05 Å². The molecule has 0 aliphatic carbocycles. The van der Waals surface area contributed by atoms with Crippen molar-refractivity contribution in [3.05, 3.63) is 63.2 Å². The average Bonchev–Trinajstić information content (AvgIpc) is 3.09. The van der Waals surface area contributed by atoms with E-state index in [2.05, 4.69) is 20.1 Å². The number of aromatic nitrogens is 4. The molecular weight excluding hydrogens is 358 g/mol. The molecule has 28 heavy (non-hydrogen) atoms. The van der Waals surface area contributed by atoms with Crippen LogP contribution in [0.15, 0.2) is 33.6 Å². The Hall–Kier alpha value is -3.29. The molecule has 0 unspecified atom stereocenters. The van der Waals surface area contributed by atoms with Crippen molar-refractivity contribution in [2.45, 2.75) is 40.2 Å². The van der Waals surface area contributed by atoms with Crippen LogP contribution in [0.5, 0.6) is 0 Å². The van der Waals surface area contributed by atoms with Gasteiger partial charge in [-0.1, -0.05) is 28.9 Å². The van der Waals surface area contributed by atoms with Gasteiger partial charge in [-0.3, -0.25) is 4.79 Å². The van der Waals surface area contributed by atoms with Crippen LogP contribution in [-0.2, 0) is 17.8 Å². The monoisotopic (exact) mass is 381 g/mol. The third-order valence-electron chi connectivity index (χ3n) is 4.58. The van der Waals surface area contributed by atoms with E-state index in [1.807, 2.05) is 38.1 Å². The lowest BCUT2D eigenvalue weighted by Gasteiger charge is -2.15. The molecule has 2 heterocycles. The van der Waals surface area contributed by atoms with Crippen molar-refractivity contribution in [3.63, 3.8) is 0 Å². The molecule has 0 spiro atoms. The Balaban J connectivity index is 1.61. The molecule has 1 aromatic carbocycles. The molecule has 3 aromatic rings. The molecule has 2 aromatic heterocycles. The molecule has 8 heteroatoms. The second-order valence-electron chi connectivity index (χ2n) is 6.86. The minimum Gasteiger partial charge on any atom is -0.337 e. The highest BCUT2D eigenvalue weighted by atomic mass is 16.5. The Kier molecular flexibility index (Phi) is 5.67. The van der Waals surface area contributed by atoms with Crippen molar-refractivity contribution >= 4 is 5.91 Å². The molecule has 0 bridgehead atoms. The van der Waals surface area contributed by atoms with Gasteiger partial charge in [-0.05, 0) is 38.8 Å². The van der Waals surface area contributed by atoms with Crippen LogP contribution in [0.1, 0.15) is 34.8 Å². The van der Waals surface area contributed by atoms with Gasteiger partial charge in [0, 0.05) is 30.4 Å². The second-order valence-corrected chi connectivity index (χ2v) is 6.86. The summed E-state index contributed by atoms with van der Waals surface area (Å²) >= 11 is 0. The molecule has 3 rings (SSSR count). The van der Waals surface area contributed by atoms with Gasteiger partial charge >= 0.3 is 5.69 Å². The number of aryl methyl sites for hydroxylation is 3. The number of H-pyrrole nitrogens is 1. The van der Waals surface area contributed by atoms with E-state index < -0.39 is 0 Å². The highest BCUT2D eigenvalue weighted by molar-refractivity contribution is 5.76. The lowest BCUT2D eigenvalue weighted by molar-refractivity contribution is -0.130. The third-order valence-corrected chi connectivity index (χ3v) is 4.58. The highest BCUT2D eigenvalue weighted by Gasteiger charge is 2.16. The van der Waals surface area contributed by atoms with Crippen LogP contribution in [-0.4, -0.2) is 38.0 Å². The minimum atomic E-state index is -0.372. The normalized spacial score (nSPS) is 10.9. The predicted octanol–water partition coefficient (Wildman–Crippen LogP) is 2.34. The number of hydrogen-bond donors (Lipinski definition) is 1. The third kappa shape index (κ3) is 4.51. The minimum absolute atomic E-state index is 0.0553. The van der Waals surface area contributed by atoms with Gasteiger partial charge in [-0.25, -0.2) is 4.79 Å². The summed E-state index contributed by atoms with van der Waals surface area (Å²) in [6, 6.07) is 7.83. The van der Waals surface area contributed by atoms with E-state index in [0.717, 1.165) is 22.4 Å². The number of nitrogens with zero attached hydrogens (tertiary/aromatic N) is 4. The van der Waals surface area contributed by atoms with Crippen molar-refractivity contribution in [1.29, 1.82) is 0 Å². The standard InChI is InChI=1S/C20H23N5O3/c1-12-6-5-7-15(10-12)19-23-17(28-24-19)11-25(4)18(26)9-8-16-13(2)21-20(27)22-14(16)3/h5-7,10H,8-9,11H2,1-4H3,(H,21,22,27). The predicted molar refractivity (Wildman–Crippen MR) is 104 cm³/mol. The van der Waals surface area contributed by atoms with Crippen molar-refractivity contribution in [2.24, 2.45) is 0 Å². The number of nitrogens with one attached hydrogen (secondary N) is 1. The van der Waals surface area contributed by atoms with Gasteiger partial charge in [0.1, 0.15) is 0 Å². The van der Waals surface area contributed by atoms with Crippen LogP contribution in [0, 0.1) is 20.8 Å². The quantitative estimate of drug-likeness (QED) is 0.703. The Morgan fingerprint density at radius 1 is 1.21 bits per heavy atom. The zero-order valence-corrected chi connectivity index (χ0v) is 16.4. The molecule has 0 aliphatic rings. The lowest BCUT2D eigenvalue weighted by Crippen LogP contribution is -2.27. The molecule has 1 N–H and O–H groups in total. The van der Waals surface area contributed by atoms with Crippen molar-refractivity contribution in [1.82, 2.24) is 25.0 Å². The molecular formula is C20H23N5O3. The van der Waals surface area contributed by atoms with Crippen molar-refractivity contribution in [3.8, 4) is 11.4 Å². The zero-order chi connectivity index (χ0) is 20.3. The smallest absolute Gasteiger partial charge is 0.337 e. The first-order chi connectivity index (χ1) is 13.3. The van der Waals surface area contributed by atoms with Gasteiger partial charge in [0.15, 0.2) is 0 Å². The molecule has 0 saturated heterocycles. The van der Waals surface area contributed by atoms with Crippen LogP contribution in [0.4, 0.5) is 0 Å². The SMILES string of the molecule is Cc1cccc(-c2noc(CN(C)C(=O)CCc3c(C)nc(=O)[nH]c3C)n2)c1. The maximum atomic E-state index is 12.5. The van der Waals surface area contributed by atoms with E-state index in [9.17, 15) is 9.59 Å². The maximum Gasteiger partial charge on any atom is 0.345 e. The number of benzene rings is 1. The van der Waals surface area contributed by atoms with Gasteiger partial charge in [-0.2, -0.15) is 9.97 Å². The molecule has 0 saturated carbocycles. The Labute approximate surface area is 162 Å². The second kappa shape index (κ2) is 8.16. The number of aromatic amines is 1. The number of amides is 1. The number of rotatable bonds is 6. The van der Waals surface area contributed by atoms with Gasteiger partial charge in [0.2, 0.25) is 17.6 Å². The first-order valence-electron chi connectivity index (χ1n) is 9.03. The van der Waals surface area contributed by atoms with Gasteiger partial charge in [-0.15, -0.1) is 0 Å². The van der Waals surface area contributed by atoms with Crippen LogP contribution >= 0.6 is 0 Å². The molecule has 0 aliphatic heterocycles. The van der Waals surface area contributed by atoms with Crippen LogP contribution in [0.3, 0.4) is 0 Å². The van der Waals surface area contributed by atoms with Gasteiger partial charge in [0.25, 0.3) is 0 Å². The first-order valence-corrected chi connectivity index (χ1v) is 9.03. The number of hydrogen-bond acceptors (Lipinski definition) is 6. The summed E-state index contributed by atoms with van der Waals surface area (Å²) in [6.45, 7) is 5.82. The van der Waals surface area contributed by atoms with E-state index in [4.69, 9.17) is 4.52 Å². The topological polar surface area (TPSA) is 105 Å². The summed E-state index contributed by atoms with van der Waals surface area (Å²) in [5, 5.41) is 4.00. The largest absolute Gasteiger partial charge is 0.345 e. The summed E-state index contributed by atoms with van der Waals surface area (Å²) in [5.74, 6) is 0.829. The van der Waals surface area contributed by atoms with E-state index in [0.29, 0.717) is 30.3 Å². The summed E-state index contributed by atoms with van der Waals surface area (Å²) in [4.78, 5) is 36.3. The van der Waals surface area contributed by atoms with Gasteiger partial charge in [0.05, 0.1) is 6.54 Å². The van der Waals surface area contributed by atoms with Crippen LogP contribution < -0.4 is 5.69 Å². The average molecular weight is 381 g/mol. The molecule has 1 amide bonds. The van der Waals surface area contributed by atoms with E-state index in [-0.39, 0.29) is 18.1 Å². The van der Waals surface area contributed by atoms with Gasteiger partial charge < -0.3 is 14.4 Å². The Morgan fingerprint density at radius 2 is 2.00 bits per heavy atom. The molecule has 0 radical (unpaired) electrons. The Bertz CT molecular complexity index is 1030. The summed E-state index contributed by atoms with van der Waals surface area (Å²) in [5.41, 5.74) is 3.90. The van der Waals surface area contributed by atoms with E-state index >= 15 is 0 Å². The molecule has 146 valence electrons. The fourth-order valence-electron chi connectivity index (χ4n) is 3.06. The van der Waals surface area contributed by atoms with Crippen LogP contribution in [0.2, 0.25) is 0 Å². The first kappa shape index (κ1) is 19.5. The number of carbonyl (C=O) groups is 1. The summed E-state index contributed by atoms with van der Waals surface area (Å²) in [7, 11) is 1.70. The fourth-order valence-corrected chi connectivity index (χ4v) is 3.06. The maximum absolute atomic E-state index is 12.5. The highest BCUT2D eigenvalue weighted by Crippen LogP contribution is 2.18. The van der Waals surface area contributed by atoms with E-state index in [1.54, 1.807) is 18.9 Å². The molecule has 0 atom stereocenters. The van der Waals surface area contributed by atoms with Crippen molar-refractivity contribution < 1.29 is 9.32 Å². The van der Waals surface area contributed by atoms with Crippen LogP contribution in [0.25, 0.3) is 11.4 Å².